The van der Waals surface area contributed by atoms with Gasteiger partial charge in [0, 0.05) is 12.8 Å². The summed E-state index contributed by atoms with van der Waals surface area (Å²) in [7, 11) is -4.22. The van der Waals surface area contributed by atoms with Crippen LogP contribution in [0.25, 0.3) is 0 Å². The molecule has 1 aromatic heterocycles. The Bertz CT molecular complexity index is 1030. The lowest BCUT2D eigenvalue weighted by Gasteiger charge is -2.39. The van der Waals surface area contributed by atoms with Gasteiger partial charge in [0.05, 0.1) is 26.5 Å². The van der Waals surface area contributed by atoms with E-state index in [2.05, 4.69) is 4.98 Å². The van der Waals surface area contributed by atoms with Gasteiger partial charge in [-0.15, -0.1) is 0 Å². The number of aromatic nitrogens is 1. The molecule has 0 N–H and O–H groups in total. The first-order chi connectivity index (χ1) is 14.3. The molecule has 4 nitrogen and oxygen atoms in total. The van der Waals surface area contributed by atoms with Gasteiger partial charge < -0.3 is 4.74 Å². The quantitative estimate of drug-likeness (QED) is 0.550. The number of hydrogen-bond donors (Lipinski definition) is 0. The average molecular weight is 467 g/mol. The Kier molecular flexibility index (Phi) is 6.13. The van der Waals surface area contributed by atoms with Crippen LogP contribution in [0.15, 0.2) is 47.5 Å². The maximum absolute atomic E-state index is 13.4. The fourth-order valence-corrected chi connectivity index (χ4v) is 5.83. The van der Waals surface area contributed by atoms with E-state index in [9.17, 15) is 34.8 Å². The van der Waals surface area contributed by atoms with Crippen molar-refractivity contribution < 1.29 is 39.5 Å². The molecular formula is C20H19F6NO3S. The number of rotatable bonds is 4. The van der Waals surface area contributed by atoms with E-state index in [4.69, 9.17) is 4.74 Å². The Morgan fingerprint density at radius 2 is 1.74 bits per heavy atom. The minimum atomic E-state index is -4.70. The van der Waals surface area contributed by atoms with Crippen molar-refractivity contribution in [1.82, 2.24) is 4.98 Å². The monoisotopic (exact) mass is 467 g/mol. The molecule has 3 rings (SSSR count). The first-order valence-corrected chi connectivity index (χ1v) is 10.9. The Labute approximate surface area is 175 Å². The van der Waals surface area contributed by atoms with E-state index in [0.29, 0.717) is 12.3 Å². The maximum atomic E-state index is 13.4. The molecule has 2 unspecified atom stereocenters. The van der Waals surface area contributed by atoms with Gasteiger partial charge in [0.1, 0.15) is 6.10 Å². The molecule has 1 fully saturated rings. The van der Waals surface area contributed by atoms with Crippen LogP contribution in [0.4, 0.5) is 26.3 Å². The van der Waals surface area contributed by atoms with Gasteiger partial charge in [-0.1, -0.05) is 13.0 Å². The van der Waals surface area contributed by atoms with Gasteiger partial charge in [0.15, 0.2) is 9.84 Å². The number of pyridine rings is 1. The summed E-state index contributed by atoms with van der Waals surface area (Å²) in [5, 5.41) is 0. The average Bonchev–Trinajstić information content (AvgIpc) is 2.72. The van der Waals surface area contributed by atoms with E-state index in [-0.39, 0.29) is 31.6 Å². The Morgan fingerprint density at radius 1 is 1.06 bits per heavy atom. The molecule has 2 heterocycles. The largest absolute Gasteiger partial charge is 0.417 e. The molecule has 0 bridgehead atoms. The second-order valence-electron chi connectivity index (χ2n) is 7.35. The summed E-state index contributed by atoms with van der Waals surface area (Å²) in [5.74, 6) is 0. The second kappa shape index (κ2) is 8.09. The SMILES string of the molecule is CCC1(S(=O)(=O)c2cccc(C(F)(F)F)c2)CCOC(c2ccc(C(F)(F)F)cn2)C1. The summed E-state index contributed by atoms with van der Waals surface area (Å²) in [6, 6.07) is 5.49. The van der Waals surface area contributed by atoms with Crippen molar-refractivity contribution in [2.75, 3.05) is 6.61 Å². The van der Waals surface area contributed by atoms with Crippen molar-refractivity contribution in [3.63, 3.8) is 0 Å². The number of alkyl halides is 6. The van der Waals surface area contributed by atoms with Crippen molar-refractivity contribution in [3.05, 3.63) is 59.4 Å². The minimum Gasteiger partial charge on any atom is -0.372 e. The van der Waals surface area contributed by atoms with Crippen molar-refractivity contribution in [3.8, 4) is 0 Å². The summed E-state index contributed by atoms with van der Waals surface area (Å²) in [6.45, 7) is 1.58. The summed E-state index contributed by atoms with van der Waals surface area (Å²) >= 11 is 0. The van der Waals surface area contributed by atoms with Crippen LogP contribution in [0.1, 0.15) is 49.1 Å². The number of sulfone groups is 1. The summed E-state index contributed by atoms with van der Waals surface area (Å²) in [6.07, 6.45) is -9.54. The van der Waals surface area contributed by atoms with Gasteiger partial charge in [-0.3, -0.25) is 4.98 Å². The van der Waals surface area contributed by atoms with Crippen LogP contribution in [-0.2, 0) is 26.9 Å². The van der Waals surface area contributed by atoms with E-state index < -0.39 is 49.1 Å². The van der Waals surface area contributed by atoms with Crippen LogP contribution in [0.3, 0.4) is 0 Å². The van der Waals surface area contributed by atoms with Gasteiger partial charge in [-0.2, -0.15) is 26.3 Å². The third-order valence-electron chi connectivity index (χ3n) is 5.56. The van der Waals surface area contributed by atoms with Crippen LogP contribution in [0.5, 0.6) is 0 Å². The minimum absolute atomic E-state index is 0.0284. The summed E-state index contributed by atoms with van der Waals surface area (Å²) < 4.78 is 108. The van der Waals surface area contributed by atoms with Crippen molar-refractivity contribution in [1.29, 1.82) is 0 Å². The second-order valence-corrected chi connectivity index (χ2v) is 9.69. The van der Waals surface area contributed by atoms with Crippen molar-refractivity contribution in [2.24, 2.45) is 0 Å². The number of nitrogens with zero attached hydrogens (tertiary/aromatic N) is 1. The van der Waals surface area contributed by atoms with E-state index in [1.165, 1.54) is 0 Å². The maximum Gasteiger partial charge on any atom is 0.417 e. The van der Waals surface area contributed by atoms with Gasteiger partial charge >= 0.3 is 12.4 Å². The highest BCUT2D eigenvalue weighted by molar-refractivity contribution is 7.92. The summed E-state index contributed by atoms with van der Waals surface area (Å²) in [5.41, 5.74) is -1.90. The van der Waals surface area contributed by atoms with Gasteiger partial charge in [0.25, 0.3) is 0 Å². The highest BCUT2D eigenvalue weighted by Gasteiger charge is 2.48. The lowest BCUT2D eigenvalue weighted by molar-refractivity contribution is -0.138. The number of benzene rings is 1. The molecule has 0 radical (unpaired) electrons. The fourth-order valence-electron chi connectivity index (χ4n) is 3.68. The van der Waals surface area contributed by atoms with Crippen LogP contribution in [-0.4, -0.2) is 24.8 Å². The van der Waals surface area contributed by atoms with E-state index in [0.717, 1.165) is 30.3 Å². The first-order valence-electron chi connectivity index (χ1n) is 9.37. The van der Waals surface area contributed by atoms with Crippen LogP contribution in [0.2, 0.25) is 0 Å². The van der Waals surface area contributed by atoms with Gasteiger partial charge in [-0.05, 0) is 49.6 Å². The van der Waals surface area contributed by atoms with Crippen LogP contribution in [0, 0.1) is 0 Å². The van der Waals surface area contributed by atoms with Crippen molar-refractivity contribution in [2.45, 2.75) is 54.3 Å². The molecule has 0 amide bonds. The van der Waals surface area contributed by atoms with Crippen LogP contribution < -0.4 is 0 Å². The molecule has 1 aliphatic heterocycles. The number of halogens is 6. The zero-order chi connectivity index (χ0) is 23.1. The molecule has 1 aromatic carbocycles. The molecule has 31 heavy (non-hydrogen) atoms. The smallest absolute Gasteiger partial charge is 0.372 e. The molecule has 2 aromatic rings. The molecule has 170 valence electrons. The van der Waals surface area contributed by atoms with Crippen molar-refractivity contribution >= 4 is 9.84 Å². The third kappa shape index (κ3) is 4.57. The van der Waals surface area contributed by atoms with Gasteiger partial charge in [0.2, 0.25) is 0 Å². The summed E-state index contributed by atoms with van der Waals surface area (Å²) in [4.78, 5) is 3.33. The van der Waals surface area contributed by atoms with Crippen LogP contribution >= 0.6 is 0 Å². The number of hydrogen-bond acceptors (Lipinski definition) is 4. The highest BCUT2D eigenvalue weighted by Crippen LogP contribution is 2.44. The molecule has 1 aliphatic rings. The molecule has 1 saturated heterocycles. The predicted molar refractivity (Wildman–Crippen MR) is 98.8 cm³/mol. The third-order valence-corrected chi connectivity index (χ3v) is 8.24. The Morgan fingerprint density at radius 3 is 2.29 bits per heavy atom. The topological polar surface area (TPSA) is 56.3 Å². The normalized spacial score (nSPS) is 23.0. The van der Waals surface area contributed by atoms with E-state index in [1.54, 1.807) is 6.92 Å². The highest BCUT2D eigenvalue weighted by atomic mass is 32.2. The zero-order valence-electron chi connectivity index (χ0n) is 16.3. The Hall–Kier alpha value is -2.14. The molecule has 11 heteroatoms. The first kappa shape index (κ1) is 23.5. The Balaban J connectivity index is 1.95. The van der Waals surface area contributed by atoms with E-state index in [1.807, 2.05) is 0 Å². The lowest BCUT2D eigenvalue weighted by atomic mass is 9.90. The predicted octanol–water partition coefficient (Wildman–Crippen LogP) is 5.59. The van der Waals surface area contributed by atoms with Gasteiger partial charge in [-0.25, -0.2) is 8.42 Å². The molecule has 0 saturated carbocycles. The molecule has 2 atom stereocenters. The fraction of sp³-hybridized carbons (Fsp3) is 0.450. The standard InChI is InChI=1S/C20H19F6NO3S/c1-2-18(31(28,29)15-5-3-4-13(10-15)19(21,22)23)8-9-30-17(11-18)16-7-6-14(12-27-16)20(24,25)26/h3-7,10,12,17H,2,8-9,11H2,1H3. The lowest BCUT2D eigenvalue weighted by Crippen LogP contribution is -2.44. The zero-order valence-corrected chi connectivity index (χ0v) is 17.1. The van der Waals surface area contributed by atoms with E-state index >= 15 is 0 Å². The molecule has 0 aliphatic carbocycles. The molecule has 0 spiro atoms. The molecular weight excluding hydrogens is 448 g/mol. The number of ether oxygens (including phenoxy) is 1.